The highest BCUT2D eigenvalue weighted by atomic mass is 14.3. The van der Waals surface area contributed by atoms with Crippen molar-refractivity contribution in [3.63, 3.8) is 0 Å². The van der Waals surface area contributed by atoms with Gasteiger partial charge in [0.1, 0.15) is 0 Å². The van der Waals surface area contributed by atoms with Gasteiger partial charge in [0.2, 0.25) is 0 Å². The maximum absolute atomic E-state index is 9.01. The molecular formula is C27H31N. The molecule has 1 aliphatic carbocycles. The van der Waals surface area contributed by atoms with Crippen molar-refractivity contribution >= 4 is 5.57 Å². The molecule has 1 unspecified atom stereocenters. The van der Waals surface area contributed by atoms with Gasteiger partial charge in [0.05, 0.1) is 11.6 Å². The van der Waals surface area contributed by atoms with E-state index in [-0.39, 0.29) is 5.41 Å². The summed E-state index contributed by atoms with van der Waals surface area (Å²) in [6, 6.07) is 21.1. The van der Waals surface area contributed by atoms with Crippen molar-refractivity contribution < 1.29 is 0 Å². The predicted octanol–water partition coefficient (Wildman–Crippen LogP) is 7.59. The fourth-order valence-electron chi connectivity index (χ4n) is 4.16. The lowest BCUT2D eigenvalue weighted by molar-refractivity contribution is 0.453. The third kappa shape index (κ3) is 5.02. The highest BCUT2D eigenvalue weighted by Gasteiger charge is 2.29. The normalized spacial score (nSPS) is 18.5. The van der Waals surface area contributed by atoms with Gasteiger partial charge in [-0.3, -0.25) is 0 Å². The summed E-state index contributed by atoms with van der Waals surface area (Å²) in [5.41, 5.74) is 4.71. The Bertz CT molecular complexity index is 836. The summed E-state index contributed by atoms with van der Waals surface area (Å²) in [7, 11) is 0. The van der Waals surface area contributed by atoms with Gasteiger partial charge < -0.3 is 0 Å². The molecule has 144 valence electrons. The molecule has 0 heterocycles. The van der Waals surface area contributed by atoms with Crippen LogP contribution in [0.1, 0.15) is 75.0 Å². The van der Waals surface area contributed by atoms with Crippen LogP contribution >= 0.6 is 0 Å². The SMILES string of the molecule is CCCCCCCCC1(c2ccccc2)C=CC(c2ccc(C#N)cc2)=CC1. The van der Waals surface area contributed by atoms with Gasteiger partial charge in [-0.2, -0.15) is 5.26 Å². The number of unbranched alkanes of at least 4 members (excludes halogenated alkanes) is 5. The number of hydrogen-bond acceptors (Lipinski definition) is 1. The van der Waals surface area contributed by atoms with E-state index in [0.717, 1.165) is 6.42 Å². The number of benzene rings is 2. The van der Waals surface area contributed by atoms with Crippen LogP contribution in [-0.4, -0.2) is 0 Å². The Morgan fingerprint density at radius 1 is 0.893 bits per heavy atom. The molecule has 0 saturated heterocycles. The van der Waals surface area contributed by atoms with Gasteiger partial charge in [-0.05, 0) is 41.7 Å². The zero-order valence-electron chi connectivity index (χ0n) is 17.0. The molecule has 2 aromatic carbocycles. The first-order valence-corrected chi connectivity index (χ1v) is 10.7. The molecule has 0 aliphatic heterocycles. The lowest BCUT2D eigenvalue weighted by Crippen LogP contribution is -2.24. The molecule has 28 heavy (non-hydrogen) atoms. The van der Waals surface area contributed by atoms with Crippen LogP contribution in [0.4, 0.5) is 0 Å². The Labute approximate surface area is 170 Å². The summed E-state index contributed by atoms with van der Waals surface area (Å²) in [5.74, 6) is 0. The second-order valence-corrected chi connectivity index (χ2v) is 7.93. The molecule has 0 spiro atoms. The third-order valence-corrected chi connectivity index (χ3v) is 5.94. The fourth-order valence-corrected chi connectivity index (χ4v) is 4.16. The van der Waals surface area contributed by atoms with Gasteiger partial charge >= 0.3 is 0 Å². The van der Waals surface area contributed by atoms with Crippen molar-refractivity contribution in [3.8, 4) is 6.07 Å². The van der Waals surface area contributed by atoms with E-state index in [1.165, 1.54) is 61.6 Å². The zero-order valence-corrected chi connectivity index (χ0v) is 17.0. The van der Waals surface area contributed by atoms with E-state index in [4.69, 9.17) is 5.26 Å². The van der Waals surface area contributed by atoms with Crippen LogP contribution in [0.3, 0.4) is 0 Å². The highest BCUT2D eigenvalue weighted by molar-refractivity contribution is 5.76. The molecule has 1 nitrogen and oxygen atoms in total. The first kappa shape index (κ1) is 20.2. The topological polar surface area (TPSA) is 23.8 Å². The lowest BCUT2D eigenvalue weighted by Gasteiger charge is -2.33. The molecular weight excluding hydrogens is 338 g/mol. The van der Waals surface area contributed by atoms with Crippen molar-refractivity contribution in [3.05, 3.63) is 89.5 Å². The Hall–Kier alpha value is -2.59. The molecule has 0 fully saturated rings. The zero-order chi connectivity index (χ0) is 19.7. The molecule has 0 bridgehead atoms. The number of hydrogen-bond donors (Lipinski definition) is 0. The van der Waals surface area contributed by atoms with Crippen LogP contribution in [0.2, 0.25) is 0 Å². The molecule has 1 heteroatoms. The second-order valence-electron chi connectivity index (χ2n) is 7.93. The van der Waals surface area contributed by atoms with Crippen LogP contribution in [-0.2, 0) is 5.41 Å². The first-order chi connectivity index (χ1) is 13.8. The number of allylic oxidation sites excluding steroid dienone is 4. The summed E-state index contributed by atoms with van der Waals surface area (Å²) >= 11 is 0. The summed E-state index contributed by atoms with van der Waals surface area (Å²) in [6.45, 7) is 2.27. The second kappa shape index (κ2) is 10.1. The van der Waals surface area contributed by atoms with Crippen molar-refractivity contribution in [1.82, 2.24) is 0 Å². The quantitative estimate of drug-likeness (QED) is 0.418. The number of nitrogens with zero attached hydrogens (tertiary/aromatic N) is 1. The molecule has 3 rings (SSSR count). The van der Waals surface area contributed by atoms with Crippen molar-refractivity contribution in [2.45, 2.75) is 63.7 Å². The van der Waals surface area contributed by atoms with Crippen LogP contribution in [0.15, 0.2) is 72.8 Å². The molecule has 0 radical (unpaired) electrons. The van der Waals surface area contributed by atoms with E-state index < -0.39 is 0 Å². The predicted molar refractivity (Wildman–Crippen MR) is 119 cm³/mol. The molecule has 2 aromatic rings. The summed E-state index contributed by atoms with van der Waals surface area (Å²) in [5, 5.41) is 9.01. The Balaban J connectivity index is 1.72. The van der Waals surface area contributed by atoms with Crippen LogP contribution < -0.4 is 0 Å². The standard InChI is InChI=1S/C27H31N/c1-2-3-4-5-6-10-19-27(26-11-8-7-9-12-26)20-17-25(18-21-27)24-15-13-23(22-28)14-16-24/h7-9,11-18,20H,2-6,10,19,21H2,1H3. The molecule has 1 atom stereocenters. The molecule has 0 aromatic heterocycles. The largest absolute Gasteiger partial charge is 0.192 e. The monoisotopic (exact) mass is 369 g/mol. The molecule has 1 aliphatic rings. The maximum atomic E-state index is 9.01. The molecule has 0 N–H and O–H groups in total. The van der Waals surface area contributed by atoms with Crippen molar-refractivity contribution in [1.29, 1.82) is 5.26 Å². The van der Waals surface area contributed by atoms with Gasteiger partial charge in [-0.1, -0.05) is 106 Å². The smallest absolute Gasteiger partial charge is 0.0991 e. The average molecular weight is 370 g/mol. The molecule has 0 saturated carbocycles. The summed E-state index contributed by atoms with van der Waals surface area (Å²) in [4.78, 5) is 0. The average Bonchev–Trinajstić information content (AvgIpc) is 2.77. The van der Waals surface area contributed by atoms with Gasteiger partial charge in [-0.15, -0.1) is 0 Å². The van der Waals surface area contributed by atoms with Crippen molar-refractivity contribution in [2.24, 2.45) is 0 Å². The minimum Gasteiger partial charge on any atom is -0.192 e. The van der Waals surface area contributed by atoms with E-state index >= 15 is 0 Å². The van der Waals surface area contributed by atoms with Gasteiger partial charge in [0, 0.05) is 5.41 Å². The minimum absolute atomic E-state index is 0.113. The van der Waals surface area contributed by atoms with Crippen LogP contribution in [0.5, 0.6) is 0 Å². The van der Waals surface area contributed by atoms with Gasteiger partial charge in [0.25, 0.3) is 0 Å². The number of nitriles is 1. The van der Waals surface area contributed by atoms with Gasteiger partial charge in [-0.25, -0.2) is 0 Å². The van der Waals surface area contributed by atoms with E-state index in [1.54, 1.807) is 0 Å². The maximum Gasteiger partial charge on any atom is 0.0991 e. The lowest BCUT2D eigenvalue weighted by atomic mass is 9.70. The summed E-state index contributed by atoms with van der Waals surface area (Å²) in [6.07, 6.45) is 17.3. The van der Waals surface area contributed by atoms with Crippen LogP contribution in [0.25, 0.3) is 5.57 Å². The molecule has 0 amide bonds. The third-order valence-electron chi connectivity index (χ3n) is 5.94. The van der Waals surface area contributed by atoms with E-state index in [0.29, 0.717) is 5.56 Å². The number of rotatable bonds is 9. The van der Waals surface area contributed by atoms with E-state index in [1.807, 2.05) is 12.1 Å². The Kier molecular flexibility index (Phi) is 7.26. The van der Waals surface area contributed by atoms with E-state index in [9.17, 15) is 0 Å². The van der Waals surface area contributed by atoms with Crippen molar-refractivity contribution in [2.75, 3.05) is 0 Å². The van der Waals surface area contributed by atoms with Gasteiger partial charge in [0.15, 0.2) is 0 Å². The Morgan fingerprint density at radius 3 is 2.25 bits per heavy atom. The minimum atomic E-state index is 0.113. The fraction of sp³-hybridized carbons (Fsp3) is 0.370. The van der Waals surface area contributed by atoms with E-state index in [2.05, 4.69) is 73.7 Å². The van der Waals surface area contributed by atoms with Crippen LogP contribution in [0, 0.1) is 11.3 Å². The highest BCUT2D eigenvalue weighted by Crippen LogP contribution is 2.40. The first-order valence-electron chi connectivity index (χ1n) is 10.7. The summed E-state index contributed by atoms with van der Waals surface area (Å²) < 4.78 is 0. The Morgan fingerprint density at radius 2 is 1.61 bits per heavy atom.